The van der Waals surface area contributed by atoms with Crippen molar-refractivity contribution in [1.29, 1.82) is 0 Å². The molecular weight excluding hydrogens is 155 g/mol. The summed E-state index contributed by atoms with van der Waals surface area (Å²) < 4.78 is 12.9. The highest BCUT2D eigenvalue weighted by atomic mass is 19.1. The highest BCUT2D eigenvalue weighted by Gasteiger charge is 2.20. The van der Waals surface area contributed by atoms with Crippen molar-refractivity contribution in [1.82, 2.24) is 4.98 Å². The summed E-state index contributed by atoms with van der Waals surface area (Å²) in [4.78, 5) is 3.67. The van der Waals surface area contributed by atoms with Gasteiger partial charge in [0.05, 0.1) is 11.9 Å². The normalized spacial score (nSPS) is 16.1. The Morgan fingerprint density at radius 1 is 1.58 bits per heavy atom. The Bertz CT molecular complexity index is 271. The molecule has 1 heterocycles. The summed E-state index contributed by atoms with van der Waals surface area (Å²) in [6.07, 6.45) is 5.38. The maximum absolute atomic E-state index is 12.9. The summed E-state index contributed by atoms with van der Waals surface area (Å²) in [7, 11) is 0. The summed E-state index contributed by atoms with van der Waals surface area (Å²) in [5, 5.41) is 3.06. The molecule has 0 amide bonds. The lowest BCUT2D eigenvalue weighted by atomic mass is 10.3. The van der Waals surface area contributed by atoms with Gasteiger partial charge in [0.2, 0.25) is 0 Å². The van der Waals surface area contributed by atoms with Crippen LogP contribution < -0.4 is 5.32 Å². The van der Waals surface area contributed by atoms with Crippen LogP contribution in [0.2, 0.25) is 0 Å². The summed E-state index contributed by atoms with van der Waals surface area (Å²) >= 11 is 0. The molecule has 1 aromatic heterocycles. The quantitative estimate of drug-likeness (QED) is 0.743. The van der Waals surface area contributed by atoms with Gasteiger partial charge in [-0.05, 0) is 24.8 Å². The van der Waals surface area contributed by atoms with Crippen molar-refractivity contribution in [2.45, 2.75) is 12.8 Å². The molecule has 1 saturated carbocycles. The van der Waals surface area contributed by atoms with E-state index < -0.39 is 0 Å². The molecule has 1 aliphatic carbocycles. The zero-order valence-corrected chi connectivity index (χ0v) is 6.76. The van der Waals surface area contributed by atoms with Crippen LogP contribution in [0, 0.1) is 11.7 Å². The summed E-state index contributed by atoms with van der Waals surface area (Å²) in [5.41, 5.74) is 0.567. The minimum Gasteiger partial charge on any atom is -0.382 e. The Labute approximate surface area is 70.8 Å². The number of anilines is 1. The number of halogens is 1. The van der Waals surface area contributed by atoms with E-state index >= 15 is 0 Å². The Balaban J connectivity index is 1.96. The van der Waals surface area contributed by atoms with E-state index in [4.69, 9.17) is 0 Å². The second-order valence-corrected chi connectivity index (χ2v) is 3.18. The maximum Gasteiger partial charge on any atom is 0.164 e. The first-order chi connectivity index (χ1) is 5.86. The molecule has 0 radical (unpaired) electrons. The number of nitrogens with zero attached hydrogens (tertiary/aromatic N) is 1. The van der Waals surface area contributed by atoms with E-state index in [1.807, 2.05) is 0 Å². The van der Waals surface area contributed by atoms with Crippen LogP contribution >= 0.6 is 0 Å². The molecule has 0 aliphatic heterocycles. The van der Waals surface area contributed by atoms with Crippen molar-refractivity contribution in [3.8, 4) is 0 Å². The van der Waals surface area contributed by atoms with Crippen molar-refractivity contribution >= 4 is 5.69 Å². The minimum absolute atomic E-state index is 0.266. The lowest BCUT2D eigenvalue weighted by Crippen LogP contribution is -2.04. The Morgan fingerprint density at radius 2 is 2.42 bits per heavy atom. The largest absolute Gasteiger partial charge is 0.382 e. The van der Waals surface area contributed by atoms with Gasteiger partial charge in [-0.2, -0.15) is 0 Å². The second-order valence-electron chi connectivity index (χ2n) is 3.18. The van der Waals surface area contributed by atoms with Gasteiger partial charge in [-0.3, -0.25) is 4.98 Å². The zero-order valence-electron chi connectivity index (χ0n) is 6.76. The van der Waals surface area contributed by atoms with Gasteiger partial charge in [0, 0.05) is 12.7 Å². The number of aromatic nitrogens is 1. The first kappa shape index (κ1) is 7.53. The molecular formula is C9H11FN2. The molecule has 0 aromatic carbocycles. The molecule has 0 unspecified atom stereocenters. The fourth-order valence-electron chi connectivity index (χ4n) is 1.09. The Hall–Kier alpha value is -1.12. The van der Waals surface area contributed by atoms with Gasteiger partial charge in [-0.25, -0.2) is 4.39 Å². The van der Waals surface area contributed by atoms with Gasteiger partial charge in [-0.1, -0.05) is 0 Å². The van der Waals surface area contributed by atoms with E-state index in [1.165, 1.54) is 19.0 Å². The molecule has 3 heteroatoms. The van der Waals surface area contributed by atoms with Gasteiger partial charge in [0.25, 0.3) is 0 Å². The van der Waals surface area contributed by atoms with Crippen LogP contribution in [0.25, 0.3) is 0 Å². The third kappa shape index (κ3) is 1.72. The topological polar surface area (TPSA) is 24.9 Å². The fraction of sp³-hybridized carbons (Fsp3) is 0.444. The van der Waals surface area contributed by atoms with E-state index in [1.54, 1.807) is 12.3 Å². The van der Waals surface area contributed by atoms with Crippen LogP contribution in [-0.4, -0.2) is 11.5 Å². The van der Waals surface area contributed by atoms with Gasteiger partial charge in [0.15, 0.2) is 5.82 Å². The summed E-state index contributed by atoms with van der Waals surface area (Å²) in [6.45, 7) is 0.890. The molecule has 1 aliphatic rings. The lowest BCUT2D eigenvalue weighted by molar-refractivity contribution is 0.623. The van der Waals surface area contributed by atoms with Gasteiger partial charge in [-0.15, -0.1) is 0 Å². The van der Waals surface area contributed by atoms with Gasteiger partial charge < -0.3 is 5.32 Å². The SMILES string of the molecule is Fc1cnccc1NCC1CC1. The van der Waals surface area contributed by atoms with Crippen molar-refractivity contribution in [3.63, 3.8) is 0 Å². The highest BCUT2D eigenvalue weighted by molar-refractivity contribution is 5.42. The Morgan fingerprint density at radius 3 is 3.08 bits per heavy atom. The van der Waals surface area contributed by atoms with Crippen LogP contribution in [0.5, 0.6) is 0 Å². The van der Waals surface area contributed by atoms with Crippen molar-refractivity contribution in [3.05, 3.63) is 24.3 Å². The number of hydrogen-bond acceptors (Lipinski definition) is 2. The molecule has 2 nitrogen and oxygen atoms in total. The number of rotatable bonds is 3. The van der Waals surface area contributed by atoms with E-state index in [9.17, 15) is 4.39 Å². The lowest BCUT2D eigenvalue weighted by Gasteiger charge is -2.04. The molecule has 0 bridgehead atoms. The monoisotopic (exact) mass is 166 g/mol. The molecule has 64 valence electrons. The summed E-state index contributed by atoms with van der Waals surface area (Å²) in [5.74, 6) is 0.496. The standard InChI is InChI=1S/C9H11FN2/c10-8-6-11-4-3-9(8)12-5-7-1-2-7/h3-4,6-7H,1-2,5H2,(H,11,12). The first-order valence-corrected chi connectivity index (χ1v) is 4.19. The third-order valence-electron chi connectivity index (χ3n) is 2.05. The number of pyridine rings is 1. The van der Waals surface area contributed by atoms with Crippen LogP contribution in [0.15, 0.2) is 18.5 Å². The predicted molar refractivity (Wildman–Crippen MR) is 45.4 cm³/mol. The molecule has 0 saturated heterocycles. The molecule has 0 spiro atoms. The number of hydrogen-bond donors (Lipinski definition) is 1. The van der Waals surface area contributed by atoms with Gasteiger partial charge in [0.1, 0.15) is 0 Å². The molecule has 12 heavy (non-hydrogen) atoms. The van der Waals surface area contributed by atoms with Crippen molar-refractivity contribution < 1.29 is 4.39 Å². The van der Waals surface area contributed by atoms with Crippen LogP contribution in [-0.2, 0) is 0 Å². The molecule has 1 aromatic rings. The van der Waals surface area contributed by atoms with Crippen LogP contribution in [0.3, 0.4) is 0 Å². The molecule has 0 atom stereocenters. The smallest absolute Gasteiger partial charge is 0.164 e. The Kier molecular flexibility index (Phi) is 1.94. The van der Waals surface area contributed by atoms with Crippen LogP contribution in [0.1, 0.15) is 12.8 Å². The average molecular weight is 166 g/mol. The molecule has 1 N–H and O–H groups in total. The van der Waals surface area contributed by atoms with Crippen molar-refractivity contribution in [2.24, 2.45) is 5.92 Å². The first-order valence-electron chi connectivity index (χ1n) is 4.19. The zero-order chi connectivity index (χ0) is 8.39. The van der Waals surface area contributed by atoms with Gasteiger partial charge >= 0.3 is 0 Å². The maximum atomic E-state index is 12.9. The van der Waals surface area contributed by atoms with E-state index in [-0.39, 0.29) is 5.82 Å². The molecule has 1 fully saturated rings. The second kappa shape index (κ2) is 3.09. The van der Waals surface area contributed by atoms with E-state index in [0.29, 0.717) is 5.69 Å². The minimum atomic E-state index is -0.266. The average Bonchev–Trinajstić information content (AvgIpc) is 2.86. The fourth-order valence-corrected chi connectivity index (χ4v) is 1.09. The molecule has 2 rings (SSSR count). The number of nitrogens with one attached hydrogen (secondary N) is 1. The van der Waals surface area contributed by atoms with E-state index in [2.05, 4.69) is 10.3 Å². The predicted octanol–water partition coefficient (Wildman–Crippen LogP) is 2.04. The third-order valence-corrected chi connectivity index (χ3v) is 2.05. The highest BCUT2D eigenvalue weighted by Crippen LogP contribution is 2.29. The van der Waals surface area contributed by atoms with Crippen molar-refractivity contribution in [2.75, 3.05) is 11.9 Å². The van der Waals surface area contributed by atoms with Crippen LogP contribution in [0.4, 0.5) is 10.1 Å². The summed E-state index contributed by atoms with van der Waals surface area (Å²) in [6, 6.07) is 1.66. The van der Waals surface area contributed by atoms with E-state index in [0.717, 1.165) is 12.5 Å².